The molecule has 2 aliphatic rings. The summed E-state index contributed by atoms with van der Waals surface area (Å²) in [4.78, 5) is 11.7. The molecule has 5 heteroatoms. The molecule has 1 aromatic rings. The van der Waals surface area contributed by atoms with Gasteiger partial charge in [0.1, 0.15) is 11.6 Å². The summed E-state index contributed by atoms with van der Waals surface area (Å²) < 4.78 is 0. The maximum Gasteiger partial charge on any atom is 0.135 e. The third-order valence-corrected chi connectivity index (χ3v) is 3.94. The van der Waals surface area contributed by atoms with Gasteiger partial charge >= 0.3 is 0 Å². The van der Waals surface area contributed by atoms with Crippen molar-refractivity contribution in [3.05, 3.63) is 17.1 Å². The van der Waals surface area contributed by atoms with Gasteiger partial charge in [-0.3, -0.25) is 0 Å². The lowest BCUT2D eigenvalue weighted by Gasteiger charge is -2.16. The average Bonchev–Trinajstić information content (AvgIpc) is 3.00. The van der Waals surface area contributed by atoms with Gasteiger partial charge in [-0.1, -0.05) is 0 Å². The third kappa shape index (κ3) is 1.97. The van der Waals surface area contributed by atoms with E-state index in [2.05, 4.69) is 22.2 Å². The fourth-order valence-electron chi connectivity index (χ4n) is 2.94. The number of nitrogens with one attached hydrogen (secondary N) is 1. The number of rotatable bonds is 3. The number of likely N-dealkylation sites (N-methyl/N-ethyl adjacent to an activating group) is 1. The smallest absolute Gasteiger partial charge is 0.135 e. The first kappa shape index (κ1) is 11.9. The lowest BCUT2D eigenvalue weighted by molar-refractivity contribution is 0.705. The van der Waals surface area contributed by atoms with E-state index in [0.717, 1.165) is 44.1 Å². The molecule has 3 N–H and O–H groups in total. The van der Waals surface area contributed by atoms with Gasteiger partial charge in [0, 0.05) is 38.0 Å². The predicted molar refractivity (Wildman–Crippen MR) is 72.0 cm³/mol. The molecule has 0 radical (unpaired) electrons. The van der Waals surface area contributed by atoms with Gasteiger partial charge in [0.25, 0.3) is 0 Å². The zero-order valence-corrected chi connectivity index (χ0v) is 10.9. The van der Waals surface area contributed by atoms with Crippen molar-refractivity contribution in [1.82, 2.24) is 15.3 Å². The number of hydrogen-bond donors (Lipinski definition) is 2. The Hall–Kier alpha value is -1.20. The van der Waals surface area contributed by atoms with Crippen LogP contribution in [-0.4, -0.2) is 43.2 Å². The molecule has 1 saturated heterocycles. The van der Waals surface area contributed by atoms with Gasteiger partial charge < -0.3 is 16.0 Å². The highest BCUT2D eigenvalue weighted by molar-refractivity contribution is 5.54. The van der Waals surface area contributed by atoms with E-state index < -0.39 is 0 Å². The lowest BCUT2D eigenvalue weighted by atomic mass is 9.99. The molecule has 0 bridgehead atoms. The molecule has 0 saturated carbocycles. The van der Waals surface area contributed by atoms with Crippen LogP contribution in [0.25, 0.3) is 0 Å². The van der Waals surface area contributed by atoms with E-state index >= 15 is 0 Å². The summed E-state index contributed by atoms with van der Waals surface area (Å²) in [6.45, 7) is 3.83. The summed E-state index contributed by atoms with van der Waals surface area (Å²) >= 11 is 0. The lowest BCUT2D eigenvalue weighted by Crippen LogP contribution is -2.17. The topological polar surface area (TPSA) is 67.1 Å². The minimum Gasteiger partial charge on any atom is -0.359 e. The Labute approximate surface area is 108 Å². The molecular formula is C13H21N5. The number of anilines is 1. The van der Waals surface area contributed by atoms with E-state index in [1.165, 1.54) is 17.7 Å². The van der Waals surface area contributed by atoms with Crippen molar-refractivity contribution in [2.45, 2.75) is 25.2 Å². The first-order valence-corrected chi connectivity index (χ1v) is 6.81. The molecule has 3 rings (SSSR count). The molecule has 1 aromatic heterocycles. The molecule has 1 unspecified atom stereocenters. The van der Waals surface area contributed by atoms with E-state index in [1.807, 2.05) is 0 Å². The molecule has 1 atom stereocenters. The Morgan fingerprint density at radius 3 is 3.06 bits per heavy atom. The van der Waals surface area contributed by atoms with Crippen LogP contribution in [0.4, 0.5) is 5.82 Å². The van der Waals surface area contributed by atoms with E-state index in [4.69, 9.17) is 10.7 Å². The van der Waals surface area contributed by atoms with Crippen molar-refractivity contribution in [2.75, 3.05) is 38.1 Å². The molecule has 5 nitrogen and oxygen atoms in total. The third-order valence-electron chi connectivity index (χ3n) is 3.94. The van der Waals surface area contributed by atoms with Gasteiger partial charge in [-0.05, 0) is 25.9 Å². The van der Waals surface area contributed by atoms with E-state index in [-0.39, 0.29) is 0 Å². The maximum absolute atomic E-state index is 5.64. The summed E-state index contributed by atoms with van der Waals surface area (Å²) in [6.07, 6.45) is 3.05. The van der Waals surface area contributed by atoms with Crippen molar-refractivity contribution < 1.29 is 0 Å². The van der Waals surface area contributed by atoms with Gasteiger partial charge in [-0.2, -0.15) is 0 Å². The first-order valence-electron chi connectivity index (χ1n) is 6.81. The van der Waals surface area contributed by atoms with E-state index in [1.54, 1.807) is 0 Å². The summed E-state index contributed by atoms with van der Waals surface area (Å²) in [5.74, 6) is 2.60. The molecule has 0 aromatic carbocycles. The Balaban J connectivity index is 2.02. The average molecular weight is 247 g/mol. The zero-order valence-electron chi connectivity index (χ0n) is 10.9. The van der Waals surface area contributed by atoms with Crippen LogP contribution in [0, 0.1) is 0 Å². The van der Waals surface area contributed by atoms with Gasteiger partial charge in [-0.15, -0.1) is 0 Å². The Bertz CT molecular complexity index is 439. The fourth-order valence-corrected chi connectivity index (χ4v) is 2.94. The number of nitrogens with two attached hydrogens (primary N) is 1. The van der Waals surface area contributed by atoms with Crippen LogP contribution in [0.1, 0.15) is 29.4 Å². The highest BCUT2D eigenvalue weighted by Gasteiger charge is 2.28. The Kier molecular flexibility index (Phi) is 3.18. The maximum atomic E-state index is 5.64. The number of aromatic nitrogens is 2. The van der Waals surface area contributed by atoms with Gasteiger partial charge in [0.15, 0.2) is 0 Å². The normalized spacial score (nSPS) is 22.6. The second-order valence-corrected chi connectivity index (χ2v) is 5.23. The predicted octanol–water partition coefficient (Wildman–Crippen LogP) is 0.0470. The van der Waals surface area contributed by atoms with Crippen molar-refractivity contribution in [1.29, 1.82) is 0 Å². The van der Waals surface area contributed by atoms with Crippen LogP contribution in [0.15, 0.2) is 0 Å². The Morgan fingerprint density at radius 1 is 1.44 bits per heavy atom. The molecule has 98 valence electrons. The first-order chi connectivity index (χ1) is 8.79. The molecule has 0 amide bonds. The molecule has 18 heavy (non-hydrogen) atoms. The minimum atomic E-state index is 0.560. The van der Waals surface area contributed by atoms with Crippen LogP contribution in [0.2, 0.25) is 0 Å². The zero-order chi connectivity index (χ0) is 12.5. The van der Waals surface area contributed by atoms with Gasteiger partial charge in [-0.25, -0.2) is 9.97 Å². The Morgan fingerprint density at radius 2 is 2.33 bits per heavy atom. The monoisotopic (exact) mass is 247 g/mol. The molecule has 1 fully saturated rings. The molecule has 3 heterocycles. The molecule has 0 aliphatic carbocycles. The summed E-state index contributed by atoms with van der Waals surface area (Å²) in [6, 6.07) is 0. The molecular weight excluding hydrogens is 226 g/mol. The van der Waals surface area contributed by atoms with Crippen LogP contribution in [0.5, 0.6) is 0 Å². The molecule has 0 spiro atoms. The van der Waals surface area contributed by atoms with Crippen LogP contribution >= 0.6 is 0 Å². The second-order valence-electron chi connectivity index (χ2n) is 5.23. The summed E-state index contributed by atoms with van der Waals surface area (Å²) in [5.41, 5.74) is 8.28. The van der Waals surface area contributed by atoms with Crippen LogP contribution in [0.3, 0.4) is 0 Å². The van der Waals surface area contributed by atoms with Crippen LogP contribution < -0.4 is 16.0 Å². The highest BCUT2D eigenvalue weighted by atomic mass is 15.2. The van der Waals surface area contributed by atoms with Gasteiger partial charge in [0.05, 0.1) is 5.69 Å². The SMILES string of the molecule is CN1CCc2c(C3CCNC3)nc(CCN)nc21. The largest absolute Gasteiger partial charge is 0.359 e. The van der Waals surface area contributed by atoms with Crippen molar-refractivity contribution in [3.8, 4) is 0 Å². The van der Waals surface area contributed by atoms with E-state index in [0.29, 0.717) is 12.5 Å². The van der Waals surface area contributed by atoms with Crippen molar-refractivity contribution >= 4 is 5.82 Å². The highest BCUT2D eigenvalue weighted by Crippen LogP contribution is 2.33. The number of hydrogen-bond acceptors (Lipinski definition) is 5. The molecule has 2 aliphatic heterocycles. The van der Waals surface area contributed by atoms with Crippen molar-refractivity contribution in [3.63, 3.8) is 0 Å². The second kappa shape index (κ2) is 4.82. The summed E-state index contributed by atoms with van der Waals surface area (Å²) in [5, 5.41) is 3.43. The van der Waals surface area contributed by atoms with Crippen molar-refractivity contribution in [2.24, 2.45) is 5.73 Å². The van der Waals surface area contributed by atoms with Crippen LogP contribution in [-0.2, 0) is 12.8 Å². The quantitative estimate of drug-likeness (QED) is 0.790. The minimum absolute atomic E-state index is 0.560. The summed E-state index contributed by atoms with van der Waals surface area (Å²) in [7, 11) is 2.11. The fraction of sp³-hybridized carbons (Fsp3) is 0.692. The van der Waals surface area contributed by atoms with Gasteiger partial charge in [0.2, 0.25) is 0 Å². The van der Waals surface area contributed by atoms with E-state index in [9.17, 15) is 0 Å². The number of nitrogens with zero attached hydrogens (tertiary/aromatic N) is 3. The standard InChI is InChI=1S/C13H21N5/c1-18-7-4-10-12(9-3-6-15-8-9)16-11(2-5-14)17-13(10)18/h9,15H,2-8,14H2,1H3. The number of fused-ring (bicyclic) bond motifs is 1.